The first-order valence-corrected chi connectivity index (χ1v) is 7.47. The number of halogens is 1. The molecule has 0 saturated carbocycles. The minimum Gasteiger partial charge on any atom is -0.465 e. The summed E-state index contributed by atoms with van der Waals surface area (Å²) >= 11 is 3.57. The molecule has 1 atom stereocenters. The van der Waals surface area contributed by atoms with Crippen LogP contribution in [-0.2, 0) is 16.7 Å². The highest BCUT2D eigenvalue weighted by Crippen LogP contribution is 2.50. The van der Waals surface area contributed by atoms with Crippen LogP contribution in [0.5, 0.6) is 0 Å². The Morgan fingerprint density at radius 3 is 2.89 bits per heavy atom. The fraction of sp³-hybridized carbons (Fsp3) is 0.533. The van der Waals surface area contributed by atoms with Crippen LogP contribution < -0.4 is 5.73 Å². The lowest BCUT2D eigenvalue weighted by Crippen LogP contribution is -2.43. The van der Waals surface area contributed by atoms with Crippen molar-refractivity contribution in [3.05, 3.63) is 33.8 Å². The summed E-state index contributed by atoms with van der Waals surface area (Å²) in [6.45, 7) is 5.26. The molecule has 0 bridgehead atoms. The number of hydrogen-bond donors (Lipinski definition) is 1. The van der Waals surface area contributed by atoms with Gasteiger partial charge in [0.25, 0.3) is 6.02 Å². The third-order valence-electron chi connectivity index (χ3n) is 4.10. The lowest BCUT2D eigenvalue weighted by Gasteiger charge is -2.45. The first kappa shape index (κ1) is 13.0. The lowest BCUT2D eigenvalue weighted by molar-refractivity contribution is 0.142. The zero-order chi connectivity index (χ0) is 13.7. The van der Waals surface area contributed by atoms with E-state index in [9.17, 15) is 0 Å². The highest BCUT2D eigenvalue weighted by Gasteiger charge is 2.45. The molecular weight excluding hydrogens is 304 g/mol. The molecule has 0 saturated heterocycles. The highest BCUT2D eigenvalue weighted by atomic mass is 79.9. The first-order valence-electron chi connectivity index (χ1n) is 6.67. The van der Waals surface area contributed by atoms with E-state index in [0.717, 1.165) is 23.7 Å². The normalized spacial score (nSPS) is 28.5. The first-order chi connectivity index (χ1) is 8.90. The molecule has 4 heteroatoms. The molecule has 1 aromatic rings. The monoisotopic (exact) mass is 322 g/mol. The zero-order valence-corrected chi connectivity index (χ0v) is 13.0. The van der Waals surface area contributed by atoms with Gasteiger partial charge in [0.2, 0.25) is 0 Å². The number of rotatable bonds is 0. The minimum absolute atomic E-state index is 0.205. The predicted molar refractivity (Wildman–Crippen MR) is 80.1 cm³/mol. The van der Waals surface area contributed by atoms with Crippen LogP contribution in [0.15, 0.2) is 27.7 Å². The molecule has 1 aliphatic carbocycles. The van der Waals surface area contributed by atoms with Gasteiger partial charge in [-0.25, -0.2) is 4.99 Å². The predicted octanol–water partition coefficient (Wildman–Crippen LogP) is 3.35. The van der Waals surface area contributed by atoms with E-state index in [0.29, 0.717) is 12.6 Å². The van der Waals surface area contributed by atoms with Gasteiger partial charge in [0, 0.05) is 10.9 Å². The van der Waals surface area contributed by atoms with Crippen molar-refractivity contribution in [2.45, 2.75) is 38.6 Å². The average molecular weight is 323 g/mol. The van der Waals surface area contributed by atoms with Gasteiger partial charge < -0.3 is 10.5 Å². The van der Waals surface area contributed by atoms with Crippen molar-refractivity contribution in [1.82, 2.24) is 0 Å². The Balaban J connectivity index is 2.20. The summed E-state index contributed by atoms with van der Waals surface area (Å²) in [6.07, 6.45) is 3.02. The summed E-state index contributed by atoms with van der Waals surface area (Å²) in [7, 11) is 0. The minimum atomic E-state index is -0.205. The molecule has 1 heterocycles. The van der Waals surface area contributed by atoms with Crippen molar-refractivity contribution in [2.75, 3.05) is 6.61 Å². The second-order valence-corrected chi connectivity index (χ2v) is 7.31. The van der Waals surface area contributed by atoms with E-state index in [1.807, 2.05) is 0 Å². The second-order valence-electron chi connectivity index (χ2n) is 6.40. The molecular formula is C15H19BrN2O. The molecule has 1 aliphatic heterocycles. The van der Waals surface area contributed by atoms with Crippen molar-refractivity contribution >= 4 is 22.0 Å². The topological polar surface area (TPSA) is 47.6 Å². The van der Waals surface area contributed by atoms with Gasteiger partial charge >= 0.3 is 0 Å². The molecule has 2 aliphatic rings. The highest BCUT2D eigenvalue weighted by molar-refractivity contribution is 9.10. The molecule has 0 fully saturated rings. The Labute approximate surface area is 122 Å². The Kier molecular flexibility index (Phi) is 2.89. The Hall–Kier alpha value is -1.03. The molecule has 1 unspecified atom stereocenters. The summed E-state index contributed by atoms with van der Waals surface area (Å²) in [5, 5.41) is 0. The van der Waals surface area contributed by atoms with Crippen molar-refractivity contribution < 1.29 is 4.74 Å². The van der Waals surface area contributed by atoms with E-state index in [1.165, 1.54) is 11.1 Å². The Bertz CT molecular complexity index is 553. The summed E-state index contributed by atoms with van der Waals surface area (Å²) < 4.78 is 6.44. The number of ether oxygens (including phenoxy) is 1. The van der Waals surface area contributed by atoms with Crippen LogP contribution in [-0.4, -0.2) is 12.6 Å². The van der Waals surface area contributed by atoms with Crippen LogP contribution in [0.3, 0.4) is 0 Å². The maximum atomic E-state index is 5.84. The molecule has 102 valence electrons. The fourth-order valence-electron chi connectivity index (χ4n) is 3.55. The van der Waals surface area contributed by atoms with Crippen LogP contribution in [0.25, 0.3) is 0 Å². The van der Waals surface area contributed by atoms with Crippen LogP contribution in [0, 0.1) is 5.41 Å². The van der Waals surface area contributed by atoms with E-state index in [1.54, 1.807) is 0 Å². The number of hydrogen-bond acceptors (Lipinski definition) is 3. The number of aliphatic imine (C=N–C) groups is 1. The molecule has 2 N–H and O–H groups in total. The van der Waals surface area contributed by atoms with Gasteiger partial charge in [0.05, 0.1) is 12.1 Å². The maximum Gasteiger partial charge on any atom is 0.282 e. The van der Waals surface area contributed by atoms with Gasteiger partial charge in [-0.3, -0.25) is 0 Å². The fourth-order valence-corrected chi connectivity index (χ4v) is 3.91. The van der Waals surface area contributed by atoms with Gasteiger partial charge in [0.1, 0.15) is 0 Å². The number of benzene rings is 1. The molecule has 3 nitrogen and oxygen atoms in total. The molecule has 1 spiro atoms. The summed E-state index contributed by atoms with van der Waals surface area (Å²) in [5.41, 5.74) is 8.57. The molecule has 0 aromatic heterocycles. The standard InChI is InChI=1S/C15H19BrN2O/c1-14(2)8-10-3-4-11(16)7-12(10)15(9-14)5-6-19-13(17)18-15/h3-4,7H,5-6,8-9H2,1-2H3,(H2,17,18). The second kappa shape index (κ2) is 4.23. The van der Waals surface area contributed by atoms with E-state index in [-0.39, 0.29) is 11.0 Å². The quantitative estimate of drug-likeness (QED) is 0.796. The smallest absolute Gasteiger partial charge is 0.282 e. The van der Waals surface area contributed by atoms with Crippen LogP contribution in [0.1, 0.15) is 37.8 Å². The van der Waals surface area contributed by atoms with Crippen LogP contribution in [0.2, 0.25) is 0 Å². The van der Waals surface area contributed by atoms with Gasteiger partial charge in [-0.05, 0) is 41.5 Å². The number of fused-ring (bicyclic) bond motifs is 2. The van der Waals surface area contributed by atoms with E-state index < -0.39 is 0 Å². The maximum absolute atomic E-state index is 5.84. The SMILES string of the molecule is CC1(C)Cc2ccc(Br)cc2C2(CCOC(N)=N2)C1. The van der Waals surface area contributed by atoms with Gasteiger partial charge in [-0.2, -0.15) is 0 Å². The molecule has 0 radical (unpaired) electrons. The third-order valence-corrected chi connectivity index (χ3v) is 4.60. The zero-order valence-electron chi connectivity index (χ0n) is 11.4. The average Bonchev–Trinajstić information content (AvgIpc) is 2.29. The van der Waals surface area contributed by atoms with E-state index in [4.69, 9.17) is 15.5 Å². The van der Waals surface area contributed by atoms with Crippen molar-refractivity contribution in [1.29, 1.82) is 0 Å². The van der Waals surface area contributed by atoms with Crippen molar-refractivity contribution in [2.24, 2.45) is 16.1 Å². The number of amidine groups is 1. The number of nitrogens with two attached hydrogens (primary N) is 1. The molecule has 3 rings (SSSR count). The lowest BCUT2D eigenvalue weighted by atomic mass is 9.64. The van der Waals surface area contributed by atoms with Gasteiger partial charge in [-0.1, -0.05) is 35.8 Å². The molecule has 19 heavy (non-hydrogen) atoms. The van der Waals surface area contributed by atoms with Gasteiger partial charge in [0.15, 0.2) is 0 Å². The number of nitrogens with zero attached hydrogens (tertiary/aromatic N) is 1. The Morgan fingerprint density at radius 2 is 2.16 bits per heavy atom. The Morgan fingerprint density at radius 1 is 1.37 bits per heavy atom. The van der Waals surface area contributed by atoms with Crippen LogP contribution in [0.4, 0.5) is 0 Å². The van der Waals surface area contributed by atoms with Crippen LogP contribution >= 0.6 is 15.9 Å². The largest absolute Gasteiger partial charge is 0.465 e. The van der Waals surface area contributed by atoms with Crippen molar-refractivity contribution in [3.8, 4) is 0 Å². The summed E-state index contributed by atoms with van der Waals surface area (Å²) in [5.74, 6) is 0. The molecule has 0 amide bonds. The summed E-state index contributed by atoms with van der Waals surface area (Å²) in [6, 6.07) is 6.85. The van der Waals surface area contributed by atoms with Gasteiger partial charge in [-0.15, -0.1) is 0 Å². The third kappa shape index (κ3) is 2.27. The van der Waals surface area contributed by atoms with E-state index >= 15 is 0 Å². The van der Waals surface area contributed by atoms with Crippen molar-refractivity contribution in [3.63, 3.8) is 0 Å². The summed E-state index contributed by atoms with van der Waals surface area (Å²) in [4.78, 5) is 4.70. The molecule has 1 aromatic carbocycles. The van der Waals surface area contributed by atoms with E-state index in [2.05, 4.69) is 48.0 Å².